The molecule has 1 aliphatic carbocycles. The number of aromatic amines is 1. The van der Waals surface area contributed by atoms with Gasteiger partial charge in [0.2, 0.25) is 5.91 Å². The van der Waals surface area contributed by atoms with Gasteiger partial charge in [0.05, 0.1) is 4.88 Å². The molecule has 1 amide bonds. The van der Waals surface area contributed by atoms with E-state index in [9.17, 15) is 4.79 Å². The van der Waals surface area contributed by atoms with Gasteiger partial charge in [0.15, 0.2) is 10.6 Å². The van der Waals surface area contributed by atoms with Crippen LogP contribution in [0, 0.1) is 4.77 Å². The maximum Gasteiger partial charge on any atom is 0.244 e. The molecule has 0 unspecified atom stereocenters. The van der Waals surface area contributed by atoms with Crippen LogP contribution in [0.3, 0.4) is 0 Å². The molecule has 3 aromatic rings. The monoisotopic (exact) mass is 441 g/mol. The van der Waals surface area contributed by atoms with Crippen molar-refractivity contribution in [2.45, 2.75) is 51.2 Å². The van der Waals surface area contributed by atoms with Crippen LogP contribution in [-0.4, -0.2) is 38.7 Å². The van der Waals surface area contributed by atoms with Gasteiger partial charge in [0, 0.05) is 18.3 Å². The molecule has 2 heterocycles. The number of nitrogens with one attached hydrogen (secondary N) is 2. The minimum atomic E-state index is -0.113. The normalized spacial score (nSPS) is 14.9. The van der Waals surface area contributed by atoms with Crippen molar-refractivity contribution >= 4 is 35.1 Å². The van der Waals surface area contributed by atoms with E-state index in [-0.39, 0.29) is 12.5 Å². The van der Waals surface area contributed by atoms with E-state index < -0.39 is 0 Å². The zero-order valence-corrected chi connectivity index (χ0v) is 18.8. The van der Waals surface area contributed by atoms with Gasteiger partial charge in [0.25, 0.3) is 0 Å². The third-order valence-corrected chi connectivity index (χ3v) is 6.89. The summed E-state index contributed by atoms with van der Waals surface area (Å²) in [4.78, 5) is 16.3. The molecule has 2 aromatic heterocycles. The number of para-hydroxylation sites is 1. The molecule has 0 saturated heterocycles. The van der Waals surface area contributed by atoms with Gasteiger partial charge in [-0.05, 0) is 55.2 Å². The predicted molar refractivity (Wildman–Crippen MR) is 124 cm³/mol. The van der Waals surface area contributed by atoms with Crippen LogP contribution in [0.25, 0.3) is 10.7 Å². The van der Waals surface area contributed by atoms with E-state index >= 15 is 0 Å². The number of H-pyrrole nitrogens is 1. The maximum atomic E-state index is 12.9. The van der Waals surface area contributed by atoms with Gasteiger partial charge in [-0.3, -0.25) is 19.4 Å². The number of thiophene rings is 1. The summed E-state index contributed by atoms with van der Waals surface area (Å²) in [5.74, 6) is 0.577. The third kappa shape index (κ3) is 4.88. The van der Waals surface area contributed by atoms with Gasteiger partial charge in [-0.2, -0.15) is 5.10 Å². The average molecular weight is 442 g/mol. The fourth-order valence-corrected chi connectivity index (χ4v) is 5.01. The van der Waals surface area contributed by atoms with Crippen LogP contribution in [0.4, 0.5) is 5.69 Å². The van der Waals surface area contributed by atoms with Crippen molar-refractivity contribution in [1.29, 1.82) is 0 Å². The van der Waals surface area contributed by atoms with Crippen molar-refractivity contribution in [3.63, 3.8) is 0 Å². The molecular weight excluding hydrogens is 414 g/mol. The topological polar surface area (TPSA) is 66.0 Å². The number of amides is 1. The number of carbonyl (C=O) groups excluding carboxylic acids is 1. The van der Waals surface area contributed by atoms with E-state index in [0.29, 0.717) is 16.6 Å². The molecule has 1 fully saturated rings. The van der Waals surface area contributed by atoms with Crippen molar-refractivity contribution in [2.24, 2.45) is 0 Å². The van der Waals surface area contributed by atoms with Gasteiger partial charge >= 0.3 is 0 Å². The quantitative estimate of drug-likeness (QED) is 0.502. The third-order valence-electron chi connectivity index (χ3n) is 5.71. The van der Waals surface area contributed by atoms with E-state index in [4.69, 9.17) is 12.2 Å². The van der Waals surface area contributed by atoms with Crippen molar-refractivity contribution in [3.05, 3.63) is 52.1 Å². The lowest BCUT2D eigenvalue weighted by Gasteiger charge is -2.31. The van der Waals surface area contributed by atoms with Crippen LogP contribution in [0.2, 0.25) is 0 Å². The molecule has 0 spiro atoms. The first-order valence-corrected chi connectivity index (χ1v) is 11.7. The van der Waals surface area contributed by atoms with Crippen LogP contribution < -0.4 is 5.32 Å². The summed E-state index contributed by atoms with van der Waals surface area (Å²) in [6.45, 7) is 0.946. The molecule has 2 N–H and O–H groups in total. The lowest BCUT2D eigenvalue weighted by molar-refractivity contribution is -0.116. The summed E-state index contributed by atoms with van der Waals surface area (Å²) >= 11 is 6.92. The predicted octanol–water partition coefficient (Wildman–Crippen LogP) is 5.07. The second-order valence-electron chi connectivity index (χ2n) is 7.83. The van der Waals surface area contributed by atoms with Crippen molar-refractivity contribution in [1.82, 2.24) is 19.7 Å². The second kappa shape index (κ2) is 9.68. The first kappa shape index (κ1) is 21.0. The number of anilines is 1. The summed E-state index contributed by atoms with van der Waals surface area (Å²) in [6.07, 6.45) is 6.49. The summed E-state index contributed by atoms with van der Waals surface area (Å²) in [7, 11) is 2.19. The Kier molecular flexibility index (Phi) is 6.76. The Labute approximate surface area is 185 Å². The first-order valence-electron chi connectivity index (χ1n) is 10.4. The molecule has 4 rings (SSSR count). The minimum Gasteiger partial charge on any atom is -0.324 e. The lowest BCUT2D eigenvalue weighted by atomic mass is 9.94. The molecular formula is C22H27N5OS2. The number of carbonyl (C=O) groups is 1. The fraction of sp³-hybridized carbons (Fsp3) is 0.409. The van der Waals surface area contributed by atoms with Gasteiger partial charge < -0.3 is 5.32 Å². The Morgan fingerprint density at radius 1 is 1.27 bits per heavy atom. The molecule has 0 aliphatic heterocycles. The smallest absolute Gasteiger partial charge is 0.244 e. The highest BCUT2D eigenvalue weighted by Gasteiger charge is 2.19. The van der Waals surface area contributed by atoms with Crippen LogP contribution in [0.15, 0.2) is 41.8 Å². The molecule has 0 bridgehead atoms. The van der Waals surface area contributed by atoms with Crippen molar-refractivity contribution in [2.75, 3.05) is 12.4 Å². The number of hydrogen-bond donors (Lipinski definition) is 2. The first-order chi connectivity index (χ1) is 14.6. The Balaban J connectivity index is 1.46. The largest absolute Gasteiger partial charge is 0.324 e. The van der Waals surface area contributed by atoms with Gasteiger partial charge in [-0.15, -0.1) is 11.3 Å². The molecule has 6 nitrogen and oxygen atoms in total. The van der Waals surface area contributed by atoms with Gasteiger partial charge in [-0.25, -0.2) is 0 Å². The Hall–Kier alpha value is -2.29. The Bertz CT molecular complexity index is 1030. The SMILES string of the molecule is CN(Cc1ccccc1NC(=O)Cn1c(-c2cccs2)n[nH]c1=S)C1CCCCC1. The van der Waals surface area contributed by atoms with Crippen molar-refractivity contribution in [3.8, 4) is 10.7 Å². The second-order valence-corrected chi connectivity index (χ2v) is 9.16. The lowest BCUT2D eigenvalue weighted by Crippen LogP contribution is -2.33. The van der Waals surface area contributed by atoms with Crippen LogP contribution in [0.1, 0.15) is 37.7 Å². The standard InChI is InChI=1S/C22H27N5OS2/c1-26(17-9-3-2-4-10-17)14-16-8-5-6-11-18(16)23-20(28)15-27-21(24-25-22(27)29)19-12-7-13-30-19/h5-8,11-13,17H,2-4,9-10,14-15H2,1H3,(H,23,28)(H,25,29). The van der Waals surface area contributed by atoms with Crippen molar-refractivity contribution < 1.29 is 4.79 Å². The zero-order chi connectivity index (χ0) is 20.9. The Morgan fingerprint density at radius 2 is 2.07 bits per heavy atom. The number of nitrogens with zero attached hydrogens (tertiary/aromatic N) is 3. The average Bonchev–Trinajstić information content (AvgIpc) is 3.40. The van der Waals surface area contributed by atoms with E-state index in [1.807, 2.05) is 35.7 Å². The number of benzene rings is 1. The van der Waals surface area contributed by atoms with E-state index in [1.54, 1.807) is 15.9 Å². The summed E-state index contributed by atoms with van der Waals surface area (Å²) in [5.41, 5.74) is 1.99. The van der Waals surface area contributed by atoms with Crippen LogP contribution in [0.5, 0.6) is 0 Å². The molecule has 1 aromatic carbocycles. The van der Waals surface area contributed by atoms with Crippen LogP contribution in [-0.2, 0) is 17.9 Å². The van der Waals surface area contributed by atoms with Crippen LogP contribution >= 0.6 is 23.6 Å². The molecule has 1 saturated carbocycles. The zero-order valence-electron chi connectivity index (χ0n) is 17.1. The van der Waals surface area contributed by atoms with E-state index in [0.717, 1.165) is 22.7 Å². The summed E-state index contributed by atoms with van der Waals surface area (Å²) in [5, 5.41) is 12.2. The molecule has 0 radical (unpaired) electrons. The number of hydrogen-bond acceptors (Lipinski definition) is 5. The maximum absolute atomic E-state index is 12.9. The highest BCUT2D eigenvalue weighted by Crippen LogP contribution is 2.25. The molecule has 1 aliphatic rings. The minimum absolute atomic E-state index is 0.113. The Morgan fingerprint density at radius 3 is 2.83 bits per heavy atom. The number of aromatic nitrogens is 3. The number of rotatable bonds is 7. The molecule has 8 heteroatoms. The highest BCUT2D eigenvalue weighted by atomic mass is 32.1. The summed E-state index contributed by atoms with van der Waals surface area (Å²) in [6, 6.07) is 12.6. The fourth-order valence-electron chi connectivity index (χ4n) is 4.09. The van der Waals surface area contributed by atoms with Gasteiger partial charge in [0.1, 0.15) is 6.54 Å². The summed E-state index contributed by atoms with van der Waals surface area (Å²) < 4.78 is 2.19. The highest BCUT2D eigenvalue weighted by molar-refractivity contribution is 7.71. The molecule has 30 heavy (non-hydrogen) atoms. The van der Waals surface area contributed by atoms with E-state index in [2.05, 4.69) is 33.5 Å². The molecule has 0 atom stereocenters. The van der Waals surface area contributed by atoms with Gasteiger partial charge in [-0.1, -0.05) is 43.5 Å². The van der Waals surface area contributed by atoms with E-state index in [1.165, 1.54) is 32.1 Å². The molecule has 158 valence electrons.